The zero-order chi connectivity index (χ0) is 78.2. The Bertz CT molecular complexity index is 2140. The first-order chi connectivity index (χ1) is 54.8. The smallest absolute Gasteiger partial charge is 0.407 e. The first-order valence-corrected chi connectivity index (χ1v) is 49.2. The van der Waals surface area contributed by atoms with Crippen LogP contribution in [0.5, 0.6) is 0 Å². The molecule has 20 heteroatoms. The Kier molecular flexibility index (Phi) is 63.9. The number of rotatable bonds is 0. The third-order valence-electron chi connectivity index (χ3n) is 22.5. The van der Waals surface area contributed by atoms with Gasteiger partial charge in [0.05, 0.1) is 75.1 Å². The average molecular weight is 1600 g/mol. The summed E-state index contributed by atoms with van der Waals surface area (Å²) in [6, 6.07) is 0.988. The van der Waals surface area contributed by atoms with Gasteiger partial charge in [-0.3, -0.25) is 24.6 Å². The Morgan fingerprint density at radius 3 is 1.02 bits per heavy atom. The summed E-state index contributed by atoms with van der Waals surface area (Å²) in [6.45, 7) is 21.5. The summed E-state index contributed by atoms with van der Waals surface area (Å²) in [4.78, 5) is 35.7. The summed E-state index contributed by atoms with van der Waals surface area (Å²) in [6.07, 6.45) is 90.0. The number of cyclic esters (lactones) is 1. The highest BCUT2D eigenvalue weighted by atomic mass is 32.2. The topological polar surface area (TPSA) is 195 Å². The number of carbonyl (C=O) groups excluding carboxylic acids is 2. The fourth-order valence-electron chi connectivity index (χ4n) is 15.4. The SMILES string of the molecule is C1=CC2C=CC1O2.C1=CCCC1.C1=CCCCC1.C1=NCCN1.C1=NCCO1.C1CC2CCC1O2.C1CCCC1.C1CCCCC1.C1CCCCC1.C1CCN2CCCCC2C1.C1CCOC1.C1CCOCC1.C1CCSC1.C1CN2CCN1CC2.C1CO1.O=C1CCCCC1.O=C1NCCO1.O=S1(=O)CCCCCC1. The molecule has 23 rings (SSSR count). The van der Waals surface area contributed by atoms with Gasteiger partial charge in [0, 0.05) is 91.1 Å². The predicted molar refractivity (Wildman–Crippen MR) is 466 cm³/mol. The van der Waals surface area contributed by atoms with Gasteiger partial charge in [0.1, 0.15) is 28.8 Å². The highest BCUT2D eigenvalue weighted by Crippen LogP contribution is 2.33. The van der Waals surface area contributed by atoms with E-state index in [9.17, 15) is 18.0 Å². The number of allylic oxidation sites excluding steroid dienone is 4. The molecular formula is C91H165N7O11S2. The highest BCUT2D eigenvalue weighted by molar-refractivity contribution is 7.99. The van der Waals surface area contributed by atoms with Crippen LogP contribution < -0.4 is 10.6 Å². The first-order valence-electron chi connectivity index (χ1n) is 46.2. The predicted octanol–water partition coefficient (Wildman–Crippen LogP) is 19.7. The summed E-state index contributed by atoms with van der Waals surface area (Å²) in [5.41, 5.74) is 0. The molecular weight excluding hydrogens is 1430 g/mol. The number of nitrogens with one attached hydrogen (secondary N) is 2. The summed E-state index contributed by atoms with van der Waals surface area (Å²) >= 11 is 2.07. The van der Waals surface area contributed by atoms with Gasteiger partial charge in [-0.25, -0.2) is 13.2 Å². The van der Waals surface area contributed by atoms with Crippen molar-refractivity contribution in [1.29, 1.82) is 0 Å². The number of piperazine rings is 3. The van der Waals surface area contributed by atoms with Crippen LogP contribution in [-0.4, -0.2) is 233 Å². The molecule has 2 N–H and O–H groups in total. The van der Waals surface area contributed by atoms with E-state index in [1.807, 2.05) is 0 Å². The number of alkyl carbamates (subject to hydrolysis) is 1. The van der Waals surface area contributed by atoms with Crippen LogP contribution >= 0.6 is 11.8 Å². The van der Waals surface area contributed by atoms with E-state index < -0.39 is 9.84 Å². The van der Waals surface area contributed by atoms with Crippen LogP contribution in [0.15, 0.2) is 58.6 Å². The summed E-state index contributed by atoms with van der Waals surface area (Å²) in [7, 11) is -2.62. The Morgan fingerprint density at radius 2 is 0.811 bits per heavy atom. The third kappa shape index (κ3) is 60.9. The number of hydrogen-bond acceptors (Lipinski definition) is 18. The van der Waals surface area contributed by atoms with Gasteiger partial charge in [0.2, 0.25) is 0 Å². The molecule has 4 saturated carbocycles. The van der Waals surface area contributed by atoms with E-state index in [2.05, 4.69) is 110 Å². The molecule has 13 saturated heterocycles. The number of fused-ring (bicyclic) bond motifs is 8. The molecule has 17 heterocycles. The maximum atomic E-state index is 10.9. The minimum atomic E-state index is -2.62. The third-order valence-corrected chi connectivity index (χ3v) is 25.4. The molecule has 111 heavy (non-hydrogen) atoms. The van der Waals surface area contributed by atoms with E-state index in [1.54, 1.807) is 6.34 Å². The molecule has 0 aromatic rings. The number of amides is 1. The van der Waals surface area contributed by atoms with Crippen molar-refractivity contribution >= 4 is 46.2 Å². The molecule has 0 radical (unpaired) electrons. The number of ketones is 1. The highest BCUT2D eigenvalue weighted by Gasteiger charge is 2.32. The van der Waals surface area contributed by atoms with E-state index in [0.29, 0.717) is 54.9 Å². The number of epoxide rings is 1. The van der Waals surface area contributed by atoms with Crippen molar-refractivity contribution in [2.45, 2.75) is 351 Å². The van der Waals surface area contributed by atoms with Gasteiger partial charge in [-0.15, -0.1) is 0 Å². The molecule has 1 amide bonds. The van der Waals surface area contributed by atoms with Gasteiger partial charge in [0.15, 0.2) is 6.40 Å². The molecule has 6 aliphatic carbocycles. The lowest BCUT2D eigenvalue weighted by molar-refractivity contribution is -0.120. The first kappa shape index (κ1) is 98.4. The zero-order valence-electron chi connectivity index (χ0n) is 70.5. The van der Waals surface area contributed by atoms with Gasteiger partial charge in [0.25, 0.3) is 0 Å². The largest absolute Gasteiger partial charge is 0.482 e. The number of piperidine rings is 2. The van der Waals surface area contributed by atoms with Crippen molar-refractivity contribution in [2.24, 2.45) is 9.98 Å². The summed E-state index contributed by atoms with van der Waals surface area (Å²) in [5.74, 6) is 4.14. The normalized spacial score (nSPS) is 28.0. The Labute approximate surface area is 683 Å². The molecule has 23 aliphatic rings. The summed E-state index contributed by atoms with van der Waals surface area (Å²) in [5, 5.41) is 5.39. The van der Waals surface area contributed by atoms with E-state index in [1.165, 1.54) is 340 Å². The molecule has 0 spiro atoms. The Morgan fingerprint density at radius 1 is 0.387 bits per heavy atom. The van der Waals surface area contributed by atoms with Gasteiger partial charge in [-0.05, 0) is 192 Å². The quantitative estimate of drug-likeness (QED) is 0.172. The number of carbonyl (C=O) groups is 2. The van der Waals surface area contributed by atoms with Gasteiger partial charge in [-0.1, -0.05) is 190 Å². The number of ether oxygens (including phenoxy) is 7. The molecule has 17 fully saturated rings. The molecule has 0 aromatic carbocycles. The molecule has 0 aromatic heterocycles. The second-order valence-electron chi connectivity index (χ2n) is 32.4. The zero-order valence-corrected chi connectivity index (χ0v) is 72.2. The molecule has 0 atom stereocenters. The van der Waals surface area contributed by atoms with Crippen molar-refractivity contribution in [3.63, 3.8) is 0 Å². The lowest BCUT2D eigenvalue weighted by atomic mass is 9.93. The van der Waals surface area contributed by atoms with Gasteiger partial charge in [-0.2, -0.15) is 11.8 Å². The molecule has 17 aliphatic heterocycles. The molecule has 642 valence electrons. The lowest BCUT2D eigenvalue weighted by Crippen LogP contribution is -2.55. The maximum absolute atomic E-state index is 10.9. The van der Waals surface area contributed by atoms with E-state index >= 15 is 0 Å². The van der Waals surface area contributed by atoms with Crippen LogP contribution in [0.25, 0.3) is 0 Å². The van der Waals surface area contributed by atoms with Crippen molar-refractivity contribution in [3.8, 4) is 0 Å². The summed E-state index contributed by atoms with van der Waals surface area (Å²) < 4.78 is 56.0. The van der Waals surface area contributed by atoms with Gasteiger partial charge >= 0.3 is 6.09 Å². The van der Waals surface area contributed by atoms with Crippen LogP contribution in [0.3, 0.4) is 0 Å². The van der Waals surface area contributed by atoms with Gasteiger partial charge < -0.3 is 48.7 Å². The minimum absolute atomic E-state index is 0.296. The number of sulfone groups is 1. The second kappa shape index (κ2) is 72.1. The van der Waals surface area contributed by atoms with E-state index in [-0.39, 0.29) is 6.09 Å². The van der Waals surface area contributed by atoms with Crippen molar-refractivity contribution in [3.05, 3.63) is 48.6 Å². The fraction of sp³-hybridized carbons (Fsp3) is 0.868. The van der Waals surface area contributed by atoms with E-state index in [0.717, 1.165) is 123 Å². The van der Waals surface area contributed by atoms with Crippen molar-refractivity contribution in [1.82, 2.24) is 25.3 Å². The number of Topliss-reactive ketones (excluding diaryl/α,β-unsaturated/α-hetero) is 1. The molecule has 18 nitrogen and oxygen atoms in total. The molecule has 0 unspecified atom stereocenters. The number of hydrogen-bond donors (Lipinski definition) is 2. The number of aliphatic imine (C=N–C) groups is 2. The average Bonchev–Trinajstić information content (AvgIpc) is 1.22. The molecule has 6 bridgehead atoms. The number of thioether (sulfide) groups is 1. The monoisotopic (exact) mass is 1600 g/mol. The van der Waals surface area contributed by atoms with E-state index in [4.69, 9.17) is 18.9 Å². The second-order valence-corrected chi connectivity index (χ2v) is 36.0. The minimum Gasteiger partial charge on any atom is -0.482 e. The Balaban J connectivity index is 0.000000211. The van der Waals surface area contributed by atoms with Crippen LogP contribution in [0.2, 0.25) is 0 Å². The number of nitrogens with zero attached hydrogens (tertiary/aromatic N) is 5. The van der Waals surface area contributed by atoms with Crippen LogP contribution in [0.1, 0.15) is 321 Å². The maximum Gasteiger partial charge on any atom is 0.407 e. The van der Waals surface area contributed by atoms with Crippen molar-refractivity contribution in [2.75, 3.05) is 154 Å². The van der Waals surface area contributed by atoms with Crippen LogP contribution in [0, 0.1) is 0 Å². The van der Waals surface area contributed by atoms with Crippen LogP contribution in [-0.2, 0) is 47.8 Å². The standard InChI is InChI=1S/C9H17N.C6H12N2.C6H12O2S.C6H10O.C6H6O.C6H10O.2C6H12.C6H10.C5H10O.C5H10.C5H8.C4H8O.C4H8S.C3H6N2.C3H5NO2.C3H5NO.C2H4O/c1-3-7-10-8-4-2-6-9(10)5-1;1-2-8-5-3-7(1)4-6-8;7-9(8)5-3-1-2-4-6-9;2*1-2-6-4-3-5(1)7-6;7-6-4-2-1-3-5-6;4*1-2-4-6-5-3-1;4*1-2-4-5-3-1;1-2-5-3-4-1;5-3-4-1-2-6-3;1-2-5-3-4-1;1-2-3-1/h9H,1-8H2;1-6H2;1-6H2;5-6H,1-4H2;1-6H;1-5H2;2*1-6H2;1-2H,3-6H2;1-5H2;1-5H2;1-2H,3-5H2;2*1-4H2;3H,1-2H2,(H,4,5);1-2H2,(H,4,5);3H,1-2H2;1-2H2. The van der Waals surface area contributed by atoms with Crippen LogP contribution in [0.4, 0.5) is 4.79 Å². The Hall–Kier alpha value is -3.18. The van der Waals surface area contributed by atoms with Crippen molar-refractivity contribution < 1.29 is 51.2 Å². The fourth-order valence-corrected chi connectivity index (χ4v) is 18.0. The lowest BCUT2D eigenvalue weighted by Gasteiger charge is -2.41.